The molecule has 4 nitrogen and oxygen atoms in total. The summed E-state index contributed by atoms with van der Waals surface area (Å²) in [5, 5.41) is 0. The number of hydrogen-bond donors (Lipinski definition) is 0. The molecule has 0 aliphatic rings. The lowest BCUT2D eigenvalue weighted by atomic mass is 10.2. The van der Waals surface area contributed by atoms with Crippen molar-refractivity contribution in [2.75, 3.05) is 6.61 Å². The molecule has 0 saturated carbocycles. The molecular weight excluding hydrogens is 380 g/mol. The van der Waals surface area contributed by atoms with E-state index in [0.29, 0.717) is 17.9 Å². The van der Waals surface area contributed by atoms with Gasteiger partial charge in [0, 0.05) is 16.4 Å². The van der Waals surface area contributed by atoms with Crippen LogP contribution in [0.15, 0.2) is 76.3 Å². The summed E-state index contributed by atoms with van der Waals surface area (Å²) in [4.78, 5) is 16.3. The number of aromatic nitrogens is 1. The van der Waals surface area contributed by atoms with Crippen molar-refractivity contribution in [3.63, 3.8) is 0 Å². The first-order valence-corrected chi connectivity index (χ1v) is 8.71. The summed E-state index contributed by atoms with van der Waals surface area (Å²) < 4.78 is 8.10. The number of benzene rings is 2. The SMILES string of the molecule is CCOC(=O)c1cccc(N=Cc2cccn2-c2ccc(Br)cc2)c1. The Morgan fingerprint density at radius 1 is 1.16 bits per heavy atom. The second kappa shape index (κ2) is 7.94. The highest BCUT2D eigenvalue weighted by Gasteiger charge is 2.06. The molecule has 0 spiro atoms. The van der Waals surface area contributed by atoms with Gasteiger partial charge in [-0.05, 0) is 61.5 Å². The molecule has 25 heavy (non-hydrogen) atoms. The predicted octanol–water partition coefficient (Wildman–Crippen LogP) is 5.17. The van der Waals surface area contributed by atoms with Gasteiger partial charge in [0.1, 0.15) is 0 Å². The molecule has 1 aromatic heterocycles. The van der Waals surface area contributed by atoms with Crippen LogP contribution in [-0.4, -0.2) is 23.4 Å². The van der Waals surface area contributed by atoms with Gasteiger partial charge in [0.2, 0.25) is 0 Å². The van der Waals surface area contributed by atoms with Gasteiger partial charge < -0.3 is 9.30 Å². The Kier molecular flexibility index (Phi) is 5.46. The van der Waals surface area contributed by atoms with Crippen LogP contribution < -0.4 is 0 Å². The number of ether oxygens (including phenoxy) is 1. The van der Waals surface area contributed by atoms with Crippen molar-refractivity contribution in [2.45, 2.75) is 6.92 Å². The molecule has 1 heterocycles. The molecule has 0 aliphatic carbocycles. The highest BCUT2D eigenvalue weighted by Crippen LogP contribution is 2.18. The number of halogens is 1. The van der Waals surface area contributed by atoms with Crippen molar-refractivity contribution in [2.24, 2.45) is 4.99 Å². The number of rotatable bonds is 5. The Bertz CT molecular complexity index is 898. The van der Waals surface area contributed by atoms with Gasteiger partial charge in [-0.3, -0.25) is 4.99 Å². The summed E-state index contributed by atoms with van der Waals surface area (Å²) in [6.45, 7) is 2.14. The summed E-state index contributed by atoms with van der Waals surface area (Å²) in [6, 6.07) is 19.1. The van der Waals surface area contributed by atoms with Crippen LogP contribution in [-0.2, 0) is 4.74 Å². The summed E-state index contributed by atoms with van der Waals surface area (Å²) in [5.41, 5.74) is 3.20. The van der Waals surface area contributed by atoms with Crippen LogP contribution in [0.3, 0.4) is 0 Å². The normalized spacial score (nSPS) is 11.0. The van der Waals surface area contributed by atoms with E-state index in [1.807, 2.05) is 53.2 Å². The van der Waals surface area contributed by atoms with E-state index in [4.69, 9.17) is 4.74 Å². The first-order chi connectivity index (χ1) is 12.2. The zero-order valence-electron chi connectivity index (χ0n) is 13.7. The highest BCUT2D eigenvalue weighted by atomic mass is 79.9. The number of esters is 1. The molecule has 5 heteroatoms. The van der Waals surface area contributed by atoms with E-state index >= 15 is 0 Å². The van der Waals surface area contributed by atoms with Crippen LogP contribution in [0.5, 0.6) is 0 Å². The Morgan fingerprint density at radius 3 is 2.72 bits per heavy atom. The van der Waals surface area contributed by atoms with Crippen molar-refractivity contribution in [3.8, 4) is 5.69 Å². The van der Waals surface area contributed by atoms with Crippen LogP contribution in [0.2, 0.25) is 0 Å². The van der Waals surface area contributed by atoms with E-state index < -0.39 is 0 Å². The van der Waals surface area contributed by atoms with Crippen LogP contribution in [0.4, 0.5) is 5.69 Å². The third-order valence-corrected chi connectivity index (χ3v) is 4.12. The number of nitrogens with zero attached hydrogens (tertiary/aromatic N) is 2. The van der Waals surface area contributed by atoms with Gasteiger partial charge in [-0.15, -0.1) is 0 Å². The van der Waals surface area contributed by atoms with Gasteiger partial charge in [-0.2, -0.15) is 0 Å². The molecule has 0 fully saturated rings. The maximum Gasteiger partial charge on any atom is 0.338 e. The number of aliphatic imine (C=N–C) groups is 1. The second-order valence-electron chi connectivity index (χ2n) is 5.31. The summed E-state index contributed by atoms with van der Waals surface area (Å²) in [7, 11) is 0. The maximum absolute atomic E-state index is 11.8. The van der Waals surface area contributed by atoms with Crippen molar-refractivity contribution in [3.05, 3.63) is 82.6 Å². The molecule has 3 aromatic rings. The van der Waals surface area contributed by atoms with Crippen molar-refractivity contribution in [1.29, 1.82) is 0 Å². The molecule has 0 saturated heterocycles. The zero-order chi connectivity index (χ0) is 17.6. The third-order valence-electron chi connectivity index (χ3n) is 3.59. The Hall–Kier alpha value is -2.66. The molecule has 126 valence electrons. The van der Waals surface area contributed by atoms with Gasteiger partial charge in [0.15, 0.2) is 0 Å². The lowest BCUT2D eigenvalue weighted by Crippen LogP contribution is -2.03. The largest absolute Gasteiger partial charge is 0.462 e. The van der Waals surface area contributed by atoms with Gasteiger partial charge in [-0.1, -0.05) is 22.0 Å². The Balaban J connectivity index is 1.84. The smallest absolute Gasteiger partial charge is 0.338 e. The fourth-order valence-corrected chi connectivity index (χ4v) is 2.67. The zero-order valence-corrected chi connectivity index (χ0v) is 15.3. The molecule has 0 aliphatic heterocycles. The molecule has 0 amide bonds. The van der Waals surface area contributed by atoms with E-state index in [9.17, 15) is 4.79 Å². The van der Waals surface area contributed by atoms with E-state index in [0.717, 1.165) is 15.9 Å². The minimum atomic E-state index is -0.335. The maximum atomic E-state index is 11.8. The lowest BCUT2D eigenvalue weighted by molar-refractivity contribution is 0.0526. The van der Waals surface area contributed by atoms with Gasteiger partial charge in [-0.25, -0.2) is 4.79 Å². The lowest BCUT2D eigenvalue weighted by Gasteiger charge is -2.06. The molecule has 0 radical (unpaired) electrons. The van der Waals surface area contributed by atoms with Crippen molar-refractivity contribution in [1.82, 2.24) is 4.57 Å². The van der Waals surface area contributed by atoms with Crippen LogP contribution in [0.25, 0.3) is 5.69 Å². The molecular formula is C20H17BrN2O2. The summed E-state index contributed by atoms with van der Waals surface area (Å²) in [6.07, 6.45) is 3.77. The Labute approximate surface area is 154 Å². The molecule has 0 bridgehead atoms. The number of hydrogen-bond acceptors (Lipinski definition) is 3. The standard InChI is InChI=1S/C20H17BrN2O2/c1-2-25-20(24)15-5-3-6-17(13-15)22-14-19-7-4-12-23(19)18-10-8-16(21)9-11-18/h3-14H,2H2,1H3. The molecule has 2 aromatic carbocycles. The van der Waals surface area contributed by atoms with Crippen LogP contribution in [0.1, 0.15) is 23.0 Å². The van der Waals surface area contributed by atoms with E-state index in [2.05, 4.69) is 20.9 Å². The topological polar surface area (TPSA) is 43.6 Å². The third kappa shape index (κ3) is 4.25. The summed E-state index contributed by atoms with van der Waals surface area (Å²) >= 11 is 3.44. The van der Waals surface area contributed by atoms with Gasteiger partial charge >= 0.3 is 5.97 Å². The minimum Gasteiger partial charge on any atom is -0.462 e. The van der Waals surface area contributed by atoms with Crippen LogP contribution in [0, 0.1) is 0 Å². The van der Waals surface area contributed by atoms with E-state index in [1.165, 1.54) is 0 Å². The Morgan fingerprint density at radius 2 is 1.96 bits per heavy atom. The average Bonchev–Trinajstić information content (AvgIpc) is 3.10. The minimum absolute atomic E-state index is 0.335. The predicted molar refractivity (Wildman–Crippen MR) is 103 cm³/mol. The average molecular weight is 397 g/mol. The monoisotopic (exact) mass is 396 g/mol. The molecule has 0 atom stereocenters. The van der Waals surface area contributed by atoms with Gasteiger partial charge in [0.05, 0.1) is 29.8 Å². The van der Waals surface area contributed by atoms with Gasteiger partial charge in [0.25, 0.3) is 0 Å². The number of carbonyl (C=O) groups excluding carboxylic acids is 1. The van der Waals surface area contributed by atoms with E-state index in [-0.39, 0.29) is 5.97 Å². The highest BCUT2D eigenvalue weighted by molar-refractivity contribution is 9.10. The molecule has 0 N–H and O–H groups in total. The van der Waals surface area contributed by atoms with Crippen molar-refractivity contribution >= 4 is 33.8 Å². The molecule has 0 unspecified atom stereocenters. The van der Waals surface area contributed by atoms with Crippen molar-refractivity contribution < 1.29 is 9.53 Å². The van der Waals surface area contributed by atoms with Crippen LogP contribution >= 0.6 is 15.9 Å². The quantitative estimate of drug-likeness (QED) is 0.441. The second-order valence-corrected chi connectivity index (χ2v) is 6.22. The number of carbonyl (C=O) groups is 1. The summed E-state index contributed by atoms with van der Waals surface area (Å²) in [5.74, 6) is -0.335. The first-order valence-electron chi connectivity index (χ1n) is 7.92. The van der Waals surface area contributed by atoms with E-state index in [1.54, 1.807) is 31.3 Å². The fraction of sp³-hybridized carbons (Fsp3) is 0.100. The molecule has 3 rings (SSSR count). The first kappa shape index (κ1) is 17.2. The fourth-order valence-electron chi connectivity index (χ4n) is 2.40.